The van der Waals surface area contributed by atoms with Crippen molar-refractivity contribution < 1.29 is 18.7 Å². The second-order valence-electron chi connectivity index (χ2n) is 5.71. The normalized spacial score (nSPS) is 24.4. The molecule has 0 bridgehead atoms. The topological polar surface area (TPSA) is 118 Å². The van der Waals surface area contributed by atoms with Crippen LogP contribution in [-0.4, -0.2) is 57.3 Å². The Morgan fingerprint density at radius 1 is 1.44 bits per heavy atom. The van der Waals surface area contributed by atoms with Gasteiger partial charge in [0.05, 0.1) is 26.3 Å². The SMILES string of the molecule is NNC(N)=NC[C@H]1CN(c2cccc(N3CCOCC3F)c2)C(=O)O1. The van der Waals surface area contributed by atoms with Crippen molar-refractivity contribution in [2.45, 2.75) is 12.4 Å². The number of hydrogen-bond acceptors (Lipinski definition) is 6. The quantitative estimate of drug-likeness (QED) is 0.228. The number of halogens is 1. The van der Waals surface area contributed by atoms with Crippen LogP contribution < -0.4 is 26.8 Å². The first-order chi connectivity index (χ1) is 12.1. The van der Waals surface area contributed by atoms with E-state index in [0.717, 1.165) is 0 Å². The molecule has 1 aromatic carbocycles. The minimum Gasteiger partial charge on any atom is -0.442 e. The minimum absolute atomic E-state index is 0.0344. The molecule has 2 saturated heterocycles. The molecule has 25 heavy (non-hydrogen) atoms. The van der Waals surface area contributed by atoms with Crippen molar-refractivity contribution in [2.75, 3.05) is 42.6 Å². The second-order valence-corrected chi connectivity index (χ2v) is 5.71. The maximum absolute atomic E-state index is 14.0. The fraction of sp³-hybridized carbons (Fsp3) is 0.467. The monoisotopic (exact) mass is 352 g/mol. The summed E-state index contributed by atoms with van der Waals surface area (Å²) in [5.41, 5.74) is 9.00. The van der Waals surface area contributed by atoms with Crippen LogP contribution in [-0.2, 0) is 9.47 Å². The molecule has 3 rings (SSSR count). The van der Waals surface area contributed by atoms with Gasteiger partial charge in [-0.05, 0) is 18.2 Å². The number of benzene rings is 1. The molecule has 2 aliphatic rings. The second kappa shape index (κ2) is 7.53. The molecule has 136 valence electrons. The van der Waals surface area contributed by atoms with E-state index in [4.69, 9.17) is 21.1 Å². The number of anilines is 2. The van der Waals surface area contributed by atoms with Crippen LogP contribution in [0.1, 0.15) is 0 Å². The number of carbonyl (C=O) groups is 1. The maximum atomic E-state index is 14.0. The molecule has 1 amide bonds. The molecule has 2 heterocycles. The number of cyclic esters (lactones) is 1. The highest BCUT2D eigenvalue weighted by molar-refractivity contribution is 5.90. The van der Waals surface area contributed by atoms with Gasteiger partial charge in [-0.25, -0.2) is 20.0 Å². The van der Waals surface area contributed by atoms with Gasteiger partial charge < -0.3 is 20.1 Å². The third kappa shape index (κ3) is 3.91. The van der Waals surface area contributed by atoms with Crippen LogP contribution in [0.15, 0.2) is 29.3 Å². The lowest BCUT2D eigenvalue weighted by atomic mass is 10.2. The number of nitrogens with one attached hydrogen (secondary N) is 1. The number of nitrogens with two attached hydrogens (primary N) is 2. The van der Waals surface area contributed by atoms with Crippen molar-refractivity contribution in [3.8, 4) is 0 Å². The Kier molecular flexibility index (Phi) is 5.19. The van der Waals surface area contributed by atoms with Crippen molar-refractivity contribution in [2.24, 2.45) is 16.6 Å². The molecule has 0 spiro atoms. The van der Waals surface area contributed by atoms with Crippen LogP contribution in [0.5, 0.6) is 0 Å². The number of aliphatic imine (C=N–C) groups is 1. The van der Waals surface area contributed by atoms with Crippen LogP contribution in [0.25, 0.3) is 0 Å². The van der Waals surface area contributed by atoms with E-state index in [0.29, 0.717) is 31.1 Å². The smallest absolute Gasteiger partial charge is 0.414 e. The summed E-state index contributed by atoms with van der Waals surface area (Å²) in [5.74, 6) is 5.20. The van der Waals surface area contributed by atoms with E-state index in [-0.39, 0.29) is 19.1 Å². The van der Waals surface area contributed by atoms with Crippen molar-refractivity contribution in [3.63, 3.8) is 0 Å². The maximum Gasteiger partial charge on any atom is 0.414 e. The lowest BCUT2D eigenvalue weighted by Crippen LogP contribution is -2.43. The van der Waals surface area contributed by atoms with Crippen LogP contribution in [0.3, 0.4) is 0 Å². The highest BCUT2D eigenvalue weighted by atomic mass is 19.1. The summed E-state index contributed by atoms with van der Waals surface area (Å²) in [5, 5.41) is 0. The Morgan fingerprint density at radius 3 is 3.00 bits per heavy atom. The zero-order chi connectivity index (χ0) is 17.8. The zero-order valence-electron chi connectivity index (χ0n) is 13.6. The zero-order valence-corrected chi connectivity index (χ0v) is 13.6. The lowest BCUT2D eigenvalue weighted by Gasteiger charge is -2.32. The molecular weight excluding hydrogens is 331 g/mol. The van der Waals surface area contributed by atoms with Crippen LogP contribution in [0, 0.1) is 0 Å². The predicted molar refractivity (Wildman–Crippen MR) is 90.9 cm³/mol. The third-order valence-electron chi connectivity index (χ3n) is 4.03. The van der Waals surface area contributed by atoms with Gasteiger partial charge >= 0.3 is 6.09 Å². The van der Waals surface area contributed by atoms with Crippen molar-refractivity contribution in [3.05, 3.63) is 24.3 Å². The highest BCUT2D eigenvalue weighted by Gasteiger charge is 2.33. The van der Waals surface area contributed by atoms with Gasteiger partial charge in [0.25, 0.3) is 0 Å². The highest BCUT2D eigenvalue weighted by Crippen LogP contribution is 2.28. The van der Waals surface area contributed by atoms with Gasteiger partial charge in [0.2, 0.25) is 5.96 Å². The summed E-state index contributed by atoms with van der Waals surface area (Å²) in [6.45, 7) is 1.48. The molecule has 2 fully saturated rings. The molecule has 1 aromatic rings. The number of amides is 1. The van der Waals surface area contributed by atoms with E-state index in [9.17, 15) is 9.18 Å². The van der Waals surface area contributed by atoms with Crippen LogP contribution in [0.4, 0.5) is 20.6 Å². The van der Waals surface area contributed by atoms with E-state index in [1.807, 2.05) is 0 Å². The van der Waals surface area contributed by atoms with Gasteiger partial charge in [-0.1, -0.05) is 6.07 Å². The number of morpholine rings is 1. The molecule has 1 unspecified atom stereocenters. The molecule has 5 N–H and O–H groups in total. The van der Waals surface area contributed by atoms with Gasteiger partial charge in [0.1, 0.15) is 6.10 Å². The first-order valence-electron chi connectivity index (χ1n) is 7.91. The summed E-state index contributed by atoms with van der Waals surface area (Å²) in [6.07, 6.45) is -2.11. The average molecular weight is 352 g/mol. The Morgan fingerprint density at radius 2 is 2.24 bits per heavy atom. The van der Waals surface area contributed by atoms with E-state index >= 15 is 0 Å². The van der Waals surface area contributed by atoms with Gasteiger partial charge in [0, 0.05) is 17.9 Å². The Bertz CT molecular complexity index is 658. The molecule has 10 heteroatoms. The van der Waals surface area contributed by atoms with E-state index in [1.165, 1.54) is 4.90 Å². The van der Waals surface area contributed by atoms with Crippen LogP contribution >= 0.6 is 0 Å². The largest absolute Gasteiger partial charge is 0.442 e. The minimum atomic E-state index is -1.21. The molecule has 9 nitrogen and oxygen atoms in total. The average Bonchev–Trinajstić information content (AvgIpc) is 3.01. The molecule has 0 aromatic heterocycles. The number of hydrazine groups is 1. The third-order valence-corrected chi connectivity index (χ3v) is 4.03. The van der Waals surface area contributed by atoms with E-state index < -0.39 is 18.5 Å². The summed E-state index contributed by atoms with van der Waals surface area (Å²) in [4.78, 5) is 19.2. The predicted octanol–water partition coefficient (Wildman–Crippen LogP) is -0.0780. The summed E-state index contributed by atoms with van der Waals surface area (Å²) < 4.78 is 24.4. The van der Waals surface area contributed by atoms with Gasteiger partial charge in [0.15, 0.2) is 6.30 Å². The molecule has 0 radical (unpaired) electrons. The van der Waals surface area contributed by atoms with E-state index in [2.05, 4.69) is 10.4 Å². The van der Waals surface area contributed by atoms with Crippen molar-refractivity contribution in [1.29, 1.82) is 0 Å². The summed E-state index contributed by atoms with van der Waals surface area (Å²) in [7, 11) is 0. The Balaban J connectivity index is 1.71. The molecule has 2 aliphatic heterocycles. The van der Waals surface area contributed by atoms with Crippen molar-refractivity contribution >= 4 is 23.4 Å². The Hall–Kier alpha value is -2.59. The fourth-order valence-corrected chi connectivity index (χ4v) is 2.78. The number of rotatable bonds is 4. The lowest BCUT2D eigenvalue weighted by molar-refractivity contribution is 0.0497. The molecule has 2 atom stereocenters. The molecular formula is C15H21FN6O3. The summed E-state index contributed by atoms with van der Waals surface area (Å²) >= 11 is 0. The van der Waals surface area contributed by atoms with Crippen LogP contribution in [0.2, 0.25) is 0 Å². The summed E-state index contributed by atoms with van der Waals surface area (Å²) in [6, 6.07) is 7.13. The number of nitrogens with zero attached hydrogens (tertiary/aromatic N) is 3. The van der Waals surface area contributed by atoms with Gasteiger partial charge in [-0.3, -0.25) is 10.3 Å². The number of hydrogen-bond donors (Lipinski definition) is 3. The number of alkyl halides is 1. The number of carbonyl (C=O) groups excluding carboxylic acids is 1. The molecule has 0 saturated carbocycles. The van der Waals surface area contributed by atoms with E-state index in [1.54, 1.807) is 29.2 Å². The Labute approximate surface area is 144 Å². The first kappa shape index (κ1) is 17.2. The number of guanidine groups is 1. The first-order valence-corrected chi connectivity index (χ1v) is 7.91. The van der Waals surface area contributed by atoms with Gasteiger partial charge in [-0.2, -0.15) is 0 Å². The standard InChI is InChI=1S/C15H21FN6O3/c16-13-9-24-5-4-21(13)10-2-1-3-11(6-10)22-8-12(25-15(22)23)7-19-14(17)20-18/h1-3,6,12-13H,4-5,7-9,18H2,(H3,17,19,20)/t12-,13?/m0/s1. The number of ether oxygens (including phenoxy) is 2. The fourth-order valence-electron chi connectivity index (χ4n) is 2.78. The van der Waals surface area contributed by atoms with Crippen molar-refractivity contribution in [1.82, 2.24) is 5.43 Å². The van der Waals surface area contributed by atoms with Gasteiger partial charge in [-0.15, -0.1) is 0 Å². The molecule has 0 aliphatic carbocycles.